The van der Waals surface area contributed by atoms with Gasteiger partial charge in [0.1, 0.15) is 0 Å². The number of hydrogen-bond donors (Lipinski definition) is 1. The van der Waals surface area contributed by atoms with E-state index in [2.05, 4.69) is 45.3 Å². The van der Waals surface area contributed by atoms with Crippen LogP contribution in [-0.2, 0) is 0 Å². The van der Waals surface area contributed by atoms with Crippen LogP contribution in [0.15, 0.2) is 22.7 Å². The maximum atomic E-state index is 5.82. The molecule has 2 rings (SSSR count). The summed E-state index contributed by atoms with van der Waals surface area (Å²) in [5.41, 5.74) is 7.44. The molecule has 0 aliphatic heterocycles. The van der Waals surface area contributed by atoms with Gasteiger partial charge in [-0.25, -0.2) is 4.68 Å². The summed E-state index contributed by atoms with van der Waals surface area (Å²) in [7, 11) is 0. The first kappa shape index (κ1) is 13.0. The van der Waals surface area contributed by atoms with E-state index in [1.54, 1.807) is 0 Å². The van der Waals surface area contributed by atoms with Gasteiger partial charge in [0.2, 0.25) is 0 Å². The summed E-state index contributed by atoms with van der Waals surface area (Å²) in [6.07, 6.45) is 2.14. The average Bonchev–Trinajstić information content (AvgIpc) is 2.81. The lowest BCUT2D eigenvalue weighted by molar-refractivity contribution is 0.447. The molecule has 2 N–H and O–H groups in total. The molecule has 1 unspecified atom stereocenters. The van der Waals surface area contributed by atoms with Gasteiger partial charge in [-0.1, -0.05) is 29.3 Å². The van der Waals surface area contributed by atoms with E-state index in [0.29, 0.717) is 5.69 Å². The van der Waals surface area contributed by atoms with E-state index >= 15 is 0 Å². The minimum absolute atomic E-state index is 0.272. The van der Waals surface area contributed by atoms with E-state index < -0.39 is 0 Å². The van der Waals surface area contributed by atoms with Crippen molar-refractivity contribution >= 4 is 21.6 Å². The Kier molecular flexibility index (Phi) is 3.96. The van der Waals surface area contributed by atoms with Gasteiger partial charge in [-0.15, -0.1) is 5.10 Å². The summed E-state index contributed by atoms with van der Waals surface area (Å²) in [5.74, 6) is 0.745. The molecule has 1 aromatic carbocycles. The Morgan fingerprint density at radius 2 is 2.22 bits per heavy atom. The fraction of sp³-hybridized carbons (Fsp3) is 0.417. The first-order valence-corrected chi connectivity index (χ1v) is 6.76. The number of nitrogen functional groups attached to an aromatic ring is 1. The molecular formula is C12H16BrN5. The molecule has 1 aromatic heterocycles. The number of nitrogens with two attached hydrogens (primary N) is 1. The van der Waals surface area contributed by atoms with Crippen LogP contribution in [0.1, 0.15) is 32.7 Å². The van der Waals surface area contributed by atoms with E-state index in [4.69, 9.17) is 5.73 Å². The molecule has 96 valence electrons. The summed E-state index contributed by atoms with van der Waals surface area (Å²) in [6, 6.07) is 5.91. The molecule has 18 heavy (non-hydrogen) atoms. The second-order valence-corrected chi connectivity index (χ2v) is 5.18. The first-order valence-electron chi connectivity index (χ1n) is 5.96. The minimum atomic E-state index is 0.272. The molecule has 1 atom stereocenters. The van der Waals surface area contributed by atoms with Crippen molar-refractivity contribution in [3.8, 4) is 11.4 Å². The molecule has 5 nitrogen and oxygen atoms in total. The van der Waals surface area contributed by atoms with Crippen molar-refractivity contribution < 1.29 is 0 Å². The second-order valence-electron chi connectivity index (χ2n) is 4.32. The highest BCUT2D eigenvalue weighted by atomic mass is 79.9. The number of anilines is 1. The summed E-state index contributed by atoms with van der Waals surface area (Å²) in [5, 5.41) is 12.0. The summed E-state index contributed by atoms with van der Waals surface area (Å²) in [6.45, 7) is 4.26. The van der Waals surface area contributed by atoms with E-state index in [9.17, 15) is 0 Å². The Morgan fingerprint density at radius 1 is 1.44 bits per heavy atom. The molecule has 0 saturated carbocycles. The first-order chi connectivity index (χ1) is 8.63. The highest BCUT2D eigenvalue weighted by Gasteiger charge is 2.16. The highest BCUT2D eigenvalue weighted by Crippen LogP contribution is 2.30. The fourth-order valence-corrected chi connectivity index (χ4v) is 2.35. The second kappa shape index (κ2) is 5.48. The van der Waals surface area contributed by atoms with Crippen LogP contribution in [0.2, 0.25) is 0 Å². The number of aromatic nitrogens is 4. The molecule has 0 spiro atoms. The Morgan fingerprint density at radius 3 is 2.94 bits per heavy atom. The van der Waals surface area contributed by atoms with Crippen LogP contribution in [0.3, 0.4) is 0 Å². The minimum Gasteiger partial charge on any atom is -0.399 e. The van der Waals surface area contributed by atoms with Crippen molar-refractivity contribution in [2.45, 2.75) is 32.7 Å². The predicted octanol–water partition coefficient (Wildman–Crippen LogP) is 3.05. The van der Waals surface area contributed by atoms with Gasteiger partial charge >= 0.3 is 0 Å². The van der Waals surface area contributed by atoms with E-state index in [-0.39, 0.29) is 6.04 Å². The van der Waals surface area contributed by atoms with Gasteiger partial charge in [-0.3, -0.25) is 0 Å². The lowest BCUT2D eigenvalue weighted by Crippen LogP contribution is -2.09. The maximum Gasteiger partial charge on any atom is 0.183 e. The molecule has 0 saturated heterocycles. The van der Waals surface area contributed by atoms with E-state index in [1.807, 2.05) is 22.9 Å². The van der Waals surface area contributed by atoms with Gasteiger partial charge in [0, 0.05) is 15.7 Å². The smallest absolute Gasteiger partial charge is 0.183 e. The van der Waals surface area contributed by atoms with Gasteiger partial charge in [0.25, 0.3) is 0 Å². The number of halogens is 1. The van der Waals surface area contributed by atoms with Crippen LogP contribution in [0.5, 0.6) is 0 Å². The van der Waals surface area contributed by atoms with Crippen LogP contribution < -0.4 is 5.73 Å². The van der Waals surface area contributed by atoms with Crippen LogP contribution in [-0.4, -0.2) is 20.2 Å². The molecule has 0 radical (unpaired) electrons. The molecule has 6 heteroatoms. The van der Waals surface area contributed by atoms with Gasteiger partial charge < -0.3 is 5.73 Å². The zero-order valence-electron chi connectivity index (χ0n) is 10.5. The number of nitrogens with zero attached hydrogens (tertiary/aromatic N) is 4. The topological polar surface area (TPSA) is 69.6 Å². The Bertz CT molecular complexity index is 537. The summed E-state index contributed by atoms with van der Waals surface area (Å²) >= 11 is 3.51. The highest BCUT2D eigenvalue weighted by molar-refractivity contribution is 9.10. The van der Waals surface area contributed by atoms with Crippen molar-refractivity contribution in [3.63, 3.8) is 0 Å². The van der Waals surface area contributed by atoms with Crippen molar-refractivity contribution in [1.82, 2.24) is 20.2 Å². The van der Waals surface area contributed by atoms with Crippen molar-refractivity contribution in [1.29, 1.82) is 0 Å². The predicted molar refractivity (Wildman–Crippen MR) is 75.0 cm³/mol. The zero-order valence-corrected chi connectivity index (χ0v) is 12.1. The third kappa shape index (κ3) is 2.53. The van der Waals surface area contributed by atoms with Gasteiger partial charge in [-0.05, 0) is 42.0 Å². The van der Waals surface area contributed by atoms with Gasteiger partial charge in [0.05, 0.1) is 6.04 Å². The van der Waals surface area contributed by atoms with Crippen LogP contribution in [0.4, 0.5) is 5.69 Å². The number of tetrazole rings is 1. The Hall–Kier alpha value is -1.43. The molecule has 0 fully saturated rings. The lowest BCUT2D eigenvalue weighted by Gasteiger charge is -2.13. The normalized spacial score (nSPS) is 12.6. The molecule has 2 aromatic rings. The van der Waals surface area contributed by atoms with Crippen LogP contribution in [0.25, 0.3) is 11.4 Å². The van der Waals surface area contributed by atoms with Crippen molar-refractivity contribution in [2.24, 2.45) is 0 Å². The van der Waals surface area contributed by atoms with Crippen molar-refractivity contribution in [2.75, 3.05) is 5.73 Å². The van der Waals surface area contributed by atoms with Crippen LogP contribution in [0, 0.1) is 0 Å². The SMILES string of the molecule is CCCC(C)n1nnnc1-c1cc(N)ccc1Br. The third-order valence-electron chi connectivity index (χ3n) is 2.85. The zero-order chi connectivity index (χ0) is 13.1. The molecule has 0 aliphatic carbocycles. The fourth-order valence-electron chi connectivity index (χ4n) is 1.92. The standard InChI is InChI=1S/C12H16BrN5/c1-3-4-8(2)18-12(15-16-17-18)10-7-9(14)5-6-11(10)13/h5-8H,3-4,14H2,1-2H3. The van der Waals surface area contributed by atoms with E-state index in [1.165, 1.54) is 0 Å². The quantitative estimate of drug-likeness (QED) is 0.881. The number of hydrogen-bond acceptors (Lipinski definition) is 4. The van der Waals surface area contributed by atoms with Gasteiger partial charge in [-0.2, -0.15) is 0 Å². The molecule has 0 aliphatic rings. The summed E-state index contributed by atoms with van der Waals surface area (Å²) in [4.78, 5) is 0. The molecular weight excluding hydrogens is 294 g/mol. The lowest BCUT2D eigenvalue weighted by atomic mass is 10.1. The average molecular weight is 310 g/mol. The Labute approximate surface area is 115 Å². The summed E-state index contributed by atoms with van der Waals surface area (Å²) < 4.78 is 2.79. The number of benzene rings is 1. The maximum absolute atomic E-state index is 5.82. The third-order valence-corrected chi connectivity index (χ3v) is 3.54. The molecule has 1 heterocycles. The van der Waals surface area contributed by atoms with Gasteiger partial charge in [0.15, 0.2) is 5.82 Å². The number of rotatable bonds is 4. The van der Waals surface area contributed by atoms with Crippen molar-refractivity contribution in [3.05, 3.63) is 22.7 Å². The Balaban J connectivity index is 2.45. The monoisotopic (exact) mass is 309 g/mol. The molecule has 0 amide bonds. The van der Waals surface area contributed by atoms with Crippen LogP contribution >= 0.6 is 15.9 Å². The largest absolute Gasteiger partial charge is 0.399 e. The van der Waals surface area contributed by atoms with E-state index in [0.717, 1.165) is 28.7 Å². The molecule has 0 bridgehead atoms.